The third-order valence-electron chi connectivity index (χ3n) is 3.28. The molecule has 0 aromatic heterocycles. The van der Waals surface area contributed by atoms with Crippen molar-refractivity contribution in [3.05, 3.63) is 57.0 Å². The van der Waals surface area contributed by atoms with Crippen molar-refractivity contribution in [2.24, 2.45) is 5.10 Å². The number of amides is 1. The molecule has 0 saturated heterocycles. The third kappa shape index (κ3) is 5.35. The van der Waals surface area contributed by atoms with Crippen LogP contribution in [-0.4, -0.2) is 23.3 Å². The molecule has 0 aliphatic rings. The maximum Gasteiger partial charge on any atom is 0.262 e. The monoisotopic (exact) mass is 453 g/mol. The Kier molecular flexibility index (Phi) is 6.81. The Labute approximate surface area is 157 Å². The number of carbonyl (C=O) groups is 1. The van der Waals surface area contributed by atoms with Gasteiger partial charge in [-0.2, -0.15) is 5.10 Å². The van der Waals surface area contributed by atoms with Gasteiger partial charge >= 0.3 is 0 Å². The van der Waals surface area contributed by atoms with Crippen molar-refractivity contribution >= 4 is 49.7 Å². The van der Waals surface area contributed by atoms with E-state index in [0.717, 1.165) is 14.6 Å². The molecule has 126 valence electrons. The number of phenolic OH excluding ortho intramolecular Hbond substituents is 1. The van der Waals surface area contributed by atoms with Crippen molar-refractivity contribution in [3.63, 3.8) is 0 Å². The van der Waals surface area contributed by atoms with E-state index in [1.165, 1.54) is 6.21 Å². The molecule has 24 heavy (non-hydrogen) atoms. The Balaban J connectivity index is 1.97. The second-order valence-electron chi connectivity index (χ2n) is 5.05. The summed E-state index contributed by atoms with van der Waals surface area (Å²) in [6, 6.07) is 12.2. The summed E-state index contributed by atoms with van der Waals surface area (Å²) in [6.07, 6.45) is 2.02. The number of hydrazone groups is 1. The zero-order valence-corrected chi connectivity index (χ0v) is 16.1. The molecule has 0 unspecified atom stereocenters. The van der Waals surface area contributed by atoms with Gasteiger partial charge in [0.15, 0.2) is 0 Å². The minimum Gasteiger partial charge on any atom is -0.507 e. The Bertz CT molecular complexity index is 733. The van der Waals surface area contributed by atoms with E-state index in [0.29, 0.717) is 12.0 Å². The van der Waals surface area contributed by atoms with E-state index < -0.39 is 6.04 Å². The fourth-order valence-corrected chi connectivity index (χ4v) is 2.62. The van der Waals surface area contributed by atoms with Gasteiger partial charge in [-0.15, -0.1) is 0 Å². The van der Waals surface area contributed by atoms with Crippen molar-refractivity contribution in [1.29, 1.82) is 0 Å². The van der Waals surface area contributed by atoms with Crippen molar-refractivity contribution in [2.75, 3.05) is 5.32 Å². The summed E-state index contributed by atoms with van der Waals surface area (Å²) >= 11 is 6.70. The van der Waals surface area contributed by atoms with Gasteiger partial charge in [0, 0.05) is 20.2 Å². The molecular weight excluding hydrogens is 438 g/mol. The van der Waals surface area contributed by atoms with Gasteiger partial charge in [0.05, 0.1) is 6.21 Å². The van der Waals surface area contributed by atoms with E-state index in [1.807, 2.05) is 31.2 Å². The van der Waals surface area contributed by atoms with Gasteiger partial charge in [-0.05, 0) is 48.9 Å². The van der Waals surface area contributed by atoms with Gasteiger partial charge in [-0.25, -0.2) is 5.43 Å². The van der Waals surface area contributed by atoms with Gasteiger partial charge in [-0.3, -0.25) is 4.79 Å². The molecule has 0 bridgehead atoms. The third-order valence-corrected chi connectivity index (χ3v) is 4.30. The summed E-state index contributed by atoms with van der Waals surface area (Å²) in [5.41, 5.74) is 3.86. The van der Waals surface area contributed by atoms with Crippen LogP contribution in [0.2, 0.25) is 0 Å². The smallest absolute Gasteiger partial charge is 0.262 e. The summed E-state index contributed by atoms with van der Waals surface area (Å²) in [5.74, 6) is -0.151. The summed E-state index contributed by atoms with van der Waals surface area (Å²) in [6.45, 7) is 1.92. The first-order valence-corrected chi connectivity index (χ1v) is 8.91. The number of aromatic hydroxyl groups is 1. The summed E-state index contributed by atoms with van der Waals surface area (Å²) in [5, 5.41) is 16.8. The lowest BCUT2D eigenvalue weighted by atomic mass is 10.2. The van der Waals surface area contributed by atoms with Crippen LogP contribution < -0.4 is 10.7 Å². The van der Waals surface area contributed by atoms with Crippen LogP contribution in [0.4, 0.5) is 5.69 Å². The average Bonchev–Trinajstić information content (AvgIpc) is 2.57. The predicted octanol–water partition coefficient (Wildman–Crippen LogP) is 4.26. The Hall–Kier alpha value is -1.86. The highest BCUT2D eigenvalue weighted by molar-refractivity contribution is 9.10. The van der Waals surface area contributed by atoms with Crippen molar-refractivity contribution < 1.29 is 9.90 Å². The lowest BCUT2D eigenvalue weighted by Gasteiger charge is -2.16. The number of phenols is 1. The molecule has 0 aliphatic carbocycles. The molecule has 7 heteroatoms. The molecule has 0 radical (unpaired) electrons. The molecule has 5 nitrogen and oxygen atoms in total. The van der Waals surface area contributed by atoms with E-state index in [4.69, 9.17) is 0 Å². The minimum absolute atomic E-state index is 0.0937. The van der Waals surface area contributed by atoms with E-state index in [1.54, 1.807) is 18.2 Å². The summed E-state index contributed by atoms with van der Waals surface area (Å²) < 4.78 is 1.79. The van der Waals surface area contributed by atoms with Crippen LogP contribution in [0.15, 0.2) is 56.5 Å². The molecule has 2 aromatic rings. The van der Waals surface area contributed by atoms with Gasteiger partial charge < -0.3 is 10.4 Å². The van der Waals surface area contributed by atoms with E-state index in [2.05, 4.69) is 47.7 Å². The number of benzene rings is 2. The van der Waals surface area contributed by atoms with Crippen molar-refractivity contribution in [2.45, 2.75) is 19.4 Å². The zero-order valence-electron chi connectivity index (χ0n) is 13.0. The Morgan fingerprint density at radius 2 is 1.88 bits per heavy atom. The summed E-state index contributed by atoms with van der Waals surface area (Å²) in [7, 11) is 0. The Morgan fingerprint density at radius 1 is 1.21 bits per heavy atom. The van der Waals surface area contributed by atoms with Crippen LogP contribution in [-0.2, 0) is 4.79 Å². The standard InChI is InChI=1S/C17H17Br2N3O2/c1-2-15(21-14-6-3-12(18)4-7-14)17(24)22-20-10-11-9-13(19)5-8-16(11)23/h3-10,15,21,23H,2H2,1H3,(H,22,24)/b20-10-/t15-/m0/s1. The van der Waals surface area contributed by atoms with Crippen LogP contribution in [0.1, 0.15) is 18.9 Å². The maximum atomic E-state index is 12.2. The number of anilines is 1. The molecule has 0 heterocycles. The van der Waals surface area contributed by atoms with E-state index >= 15 is 0 Å². The summed E-state index contributed by atoms with van der Waals surface area (Å²) in [4.78, 5) is 12.2. The molecule has 2 aromatic carbocycles. The van der Waals surface area contributed by atoms with Crippen LogP contribution in [0.25, 0.3) is 0 Å². The number of carbonyl (C=O) groups excluding carboxylic acids is 1. The van der Waals surface area contributed by atoms with Gasteiger partial charge in [0.2, 0.25) is 0 Å². The molecule has 1 amide bonds. The topological polar surface area (TPSA) is 73.7 Å². The molecular formula is C17H17Br2N3O2. The number of nitrogens with zero attached hydrogens (tertiary/aromatic N) is 1. The molecule has 2 rings (SSSR count). The first-order valence-electron chi connectivity index (χ1n) is 7.33. The van der Waals surface area contributed by atoms with E-state index in [-0.39, 0.29) is 11.7 Å². The van der Waals surface area contributed by atoms with Gasteiger partial charge in [0.1, 0.15) is 11.8 Å². The van der Waals surface area contributed by atoms with Crippen molar-refractivity contribution in [1.82, 2.24) is 5.43 Å². The highest BCUT2D eigenvalue weighted by Crippen LogP contribution is 2.20. The number of hydrogen-bond acceptors (Lipinski definition) is 4. The molecule has 3 N–H and O–H groups in total. The first-order chi connectivity index (χ1) is 11.5. The maximum absolute atomic E-state index is 12.2. The molecule has 0 fully saturated rings. The molecule has 1 atom stereocenters. The zero-order chi connectivity index (χ0) is 17.5. The highest BCUT2D eigenvalue weighted by Gasteiger charge is 2.15. The molecule has 0 spiro atoms. The normalized spacial score (nSPS) is 12.1. The predicted molar refractivity (Wildman–Crippen MR) is 103 cm³/mol. The number of halogens is 2. The lowest BCUT2D eigenvalue weighted by molar-refractivity contribution is -0.121. The SMILES string of the molecule is CC[C@H](Nc1ccc(Br)cc1)C(=O)N/N=C\c1cc(Br)ccc1O. The number of rotatable bonds is 6. The second kappa shape index (κ2) is 8.84. The fraction of sp³-hybridized carbons (Fsp3) is 0.176. The quantitative estimate of drug-likeness (QED) is 0.451. The van der Waals surface area contributed by atoms with Crippen LogP contribution in [0, 0.1) is 0 Å². The van der Waals surface area contributed by atoms with E-state index in [9.17, 15) is 9.90 Å². The first kappa shape index (κ1) is 18.5. The van der Waals surface area contributed by atoms with Gasteiger partial charge in [-0.1, -0.05) is 38.8 Å². The van der Waals surface area contributed by atoms with Crippen molar-refractivity contribution in [3.8, 4) is 5.75 Å². The number of hydrogen-bond donors (Lipinski definition) is 3. The van der Waals surface area contributed by atoms with Crippen LogP contribution >= 0.6 is 31.9 Å². The second-order valence-corrected chi connectivity index (χ2v) is 6.88. The lowest BCUT2D eigenvalue weighted by Crippen LogP contribution is -2.36. The number of nitrogens with one attached hydrogen (secondary N) is 2. The Morgan fingerprint density at radius 3 is 2.54 bits per heavy atom. The molecule has 0 aliphatic heterocycles. The minimum atomic E-state index is -0.403. The molecule has 0 saturated carbocycles. The highest BCUT2D eigenvalue weighted by atomic mass is 79.9. The largest absolute Gasteiger partial charge is 0.507 e. The van der Waals surface area contributed by atoms with Crippen LogP contribution in [0.3, 0.4) is 0 Å². The average molecular weight is 455 g/mol. The fourth-order valence-electron chi connectivity index (χ4n) is 1.97. The van der Waals surface area contributed by atoms with Gasteiger partial charge in [0.25, 0.3) is 5.91 Å². The van der Waals surface area contributed by atoms with Crippen LogP contribution in [0.5, 0.6) is 5.75 Å².